The fourth-order valence-corrected chi connectivity index (χ4v) is 1.72. The van der Waals surface area contributed by atoms with Gasteiger partial charge in [0.1, 0.15) is 6.10 Å². The van der Waals surface area contributed by atoms with Crippen molar-refractivity contribution in [3.63, 3.8) is 0 Å². The van der Waals surface area contributed by atoms with Crippen LogP contribution in [0, 0.1) is 17.2 Å². The Bertz CT molecular complexity index is 412. The molecule has 0 N–H and O–H groups in total. The number of nitriles is 1. The summed E-state index contributed by atoms with van der Waals surface area (Å²) in [5, 5.41) is 12.6. The molecule has 1 aromatic heterocycles. The molecule has 0 saturated carbocycles. The highest BCUT2D eigenvalue weighted by Gasteiger charge is 2.24. The molecule has 6 nitrogen and oxygen atoms in total. The van der Waals surface area contributed by atoms with E-state index in [4.69, 9.17) is 14.5 Å². The van der Waals surface area contributed by atoms with E-state index in [1.54, 1.807) is 0 Å². The van der Waals surface area contributed by atoms with E-state index >= 15 is 0 Å². The summed E-state index contributed by atoms with van der Waals surface area (Å²) < 4.78 is 10.7. The first-order valence-corrected chi connectivity index (χ1v) is 5.71. The molecule has 2 unspecified atom stereocenters. The van der Waals surface area contributed by atoms with Gasteiger partial charge in [0.15, 0.2) is 0 Å². The zero-order chi connectivity index (χ0) is 12.3. The molecule has 92 valence electrons. The van der Waals surface area contributed by atoms with Crippen LogP contribution < -0.4 is 0 Å². The van der Waals surface area contributed by atoms with Gasteiger partial charge in [0.25, 0.3) is 0 Å². The number of aromatic nitrogens is 2. The van der Waals surface area contributed by atoms with Crippen LogP contribution in [-0.2, 0) is 11.2 Å². The summed E-state index contributed by atoms with van der Waals surface area (Å²) in [5.74, 6) is 0.973. The van der Waals surface area contributed by atoms with Crippen molar-refractivity contribution in [2.24, 2.45) is 5.92 Å². The molecule has 17 heavy (non-hydrogen) atoms. The van der Waals surface area contributed by atoms with Gasteiger partial charge in [-0.3, -0.25) is 0 Å². The van der Waals surface area contributed by atoms with E-state index in [2.05, 4.69) is 21.1 Å². The first-order chi connectivity index (χ1) is 8.19. The first-order valence-electron chi connectivity index (χ1n) is 5.71. The summed E-state index contributed by atoms with van der Waals surface area (Å²) in [5.41, 5.74) is 0. The number of hydrogen-bond donors (Lipinski definition) is 0. The van der Waals surface area contributed by atoms with Crippen LogP contribution in [0.5, 0.6) is 0 Å². The summed E-state index contributed by atoms with van der Waals surface area (Å²) in [6.45, 7) is 4.20. The molecule has 1 saturated heterocycles. The van der Waals surface area contributed by atoms with Gasteiger partial charge in [-0.15, -0.1) is 0 Å². The lowest BCUT2D eigenvalue weighted by molar-refractivity contribution is -0.0264. The zero-order valence-electron chi connectivity index (χ0n) is 10.1. The highest BCUT2D eigenvalue weighted by Crippen LogP contribution is 2.19. The highest BCUT2D eigenvalue weighted by molar-refractivity contribution is 4.96. The van der Waals surface area contributed by atoms with E-state index in [1.165, 1.54) is 0 Å². The molecule has 2 rings (SSSR count). The van der Waals surface area contributed by atoms with E-state index in [-0.39, 0.29) is 12.0 Å². The maximum absolute atomic E-state index is 8.72. The zero-order valence-corrected chi connectivity index (χ0v) is 10.1. The molecule has 0 aromatic carbocycles. The fraction of sp³-hybridized carbons (Fsp3) is 0.727. The van der Waals surface area contributed by atoms with E-state index in [9.17, 15) is 0 Å². The minimum atomic E-state index is -0.122. The summed E-state index contributed by atoms with van der Waals surface area (Å²) in [6.07, 6.45) is 0.370. The molecule has 0 spiro atoms. The Balaban J connectivity index is 2.00. The van der Waals surface area contributed by atoms with Gasteiger partial charge in [-0.05, 0) is 14.0 Å². The Morgan fingerprint density at radius 1 is 1.65 bits per heavy atom. The summed E-state index contributed by atoms with van der Waals surface area (Å²) >= 11 is 0. The van der Waals surface area contributed by atoms with Crippen LogP contribution in [-0.4, -0.2) is 41.8 Å². The van der Waals surface area contributed by atoms with Crippen LogP contribution in [0.15, 0.2) is 4.52 Å². The van der Waals surface area contributed by atoms with E-state index in [0.29, 0.717) is 24.7 Å². The largest absolute Gasteiger partial charge is 0.367 e. The van der Waals surface area contributed by atoms with Crippen LogP contribution >= 0.6 is 0 Å². The van der Waals surface area contributed by atoms with Gasteiger partial charge >= 0.3 is 0 Å². The Labute approximate surface area is 100 Å². The SMILES string of the molecule is CC(C#N)Cc1nc(C2CN(C)CCO2)no1. The molecule has 6 heteroatoms. The van der Waals surface area contributed by atoms with Gasteiger partial charge < -0.3 is 14.2 Å². The molecule has 2 heterocycles. The van der Waals surface area contributed by atoms with Crippen LogP contribution in [0.1, 0.15) is 24.7 Å². The molecule has 0 radical (unpaired) electrons. The van der Waals surface area contributed by atoms with Gasteiger partial charge in [-0.25, -0.2) is 0 Å². The summed E-state index contributed by atoms with van der Waals surface area (Å²) in [6, 6.07) is 2.14. The number of rotatable bonds is 3. The topological polar surface area (TPSA) is 75.2 Å². The first kappa shape index (κ1) is 12.0. The monoisotopic (exact) mass is 236 g/mol. The molecule has 0 bridgehead atoms. The predicted molar refractivity (Wildman–Crippen MR) is 59.0 cm³/mol. The van der Waals surface area contributed by atoms with Crippen molar-refractivity contribution in [2.75, 3.05) is 26.7 Å². The van der Waals surface area contributed by atoms with Crippen molar-refractivity contribution in [1.82, 2.24) is 15.0 Å². The van der Waals surface area contributed by atoms with Crippen molar-refractivity contribution < 1.29 is 9.26 Å². The van der Waals surface area contributed by atoms with E-state index < -0.39 is 0 Å². The lowest BCUT2D eigenvalue weighted by atomic mass is 10.1. The number of nitrogens with zero attached hydrogens (tertiary/aromatic N) is 4. The lowest BCUT2D eigenvalue weighted by Gasteiger charge is -2.27. The van der Waals surface area contributed by atoms with Gasteiger partial charge in [-0.1, -0.05) is 5.16 Å². The van der Waals surface area contributed by atoms with Crippen molar-refractivity contribution in [2.45, 2.75) is 19.4 Å². The highest BCUT2D eigenvalue weighted by atomic mass is 16.5. The molecule has 0 amide bonds. The second-order valence-electron chi connectivity index (χ2n) is 4.40. The molecule has 1 fully saturated rings. The number of morpholine rings is 1. The average molecular weight is 236 g/mol. The minimum Gasteiger partial charge on any atom is -0.367 e. The fourth-order valence-electron chi connectivity index (χ4n) is 1.72. The van der Waals surface area contributed by atoms with Crippen molar-refractivity contribution in [3.05, 3.63) is 11.7 Å². The average Bonchev–Trinajstić information content (AvgIpc) is 2.77. The molecule has 1 aromatic rings. The molecule has 1 aliphatic rings. The minimum absolute atomic E-state index is 0.113. The Morgan fingerprint density at radius 2 is 2.47 bits per heavy atom. The standard InChI is InChI=1S/C11H16N4O2/c1-8(6-12)5-10-13-11(14-17-10)9-7-15(2)3-4-16-9/h8-9H,3-5,7H2,1-2H3. The molecular formula is C11H16N4O2. The van der Waals surface area contributed by atoms with Gasteiger partial charge in [0.05, 0.1) is 18.6 Å². The third kappa shape index (κ3) is 3.02. The molecular weight excluding hydrogens is 220 g/mol. The molecule has 0 aliphatic carbocycles. The maximum atomic E-state index is 8.72. The van der Waals surface area contributed by atoms with E-state index in [0.717, 1.165) is 13.1 Å². The van der Waals surface area contributed by atoms with Crippen LogP contribution in [0.2, 0.25) is 0 Å². The normalized spacial score (nSPS) is 23.2. The molecule has 2 atom stereocenters. The number of ether oxygens (including phenoxy) is 1. The maximum Gasteiger partial charge on any atom is 0.228 e. The van der Waals surface area contributed by atoms with Gasteiger partial charge in [0, 0.05) is 19.5 Å². The van der Waals surface area contributed by atoms with Crippen molar-refractivity contribution in [3.8, 4) is 6.07 Å². The quantitative estimate of drug-likeness (QED) is 0.771. The van der Waals surface area contributed by atoms with Gasteiger partial charge in [-0.2, -0.15) is 10.2 Å². The van der Waals surface area contributed by atoms with Crippen LogP contribution in [0.4, 0.5) is 0 Å². The predicted octanol–water partition coefficient (Wildman–Crippen LogP) is 0.775. The van der Waals surface area contributed by atoms with Crippen molar-refractivity contribution in [1.29, 1.82) is 5.26 Å². The second kappa shape index (κ2) is 5.25. The van der Waals surface area contributed by atoms with E-state index in [1.807, 2.05) is 14.0 Å². The number of likely N-dealkylation sites (N-methyl/N-ethyl adjacent to an activating group) is 1. The lowest BCUT2D eigenvalue weighted by Crippen LogP contribution is -2.35. The Hall–Kier alpha value is -1.45. The Morgan fingerprint density at radius 3 is 3.18 bits per heavy atom. The van der Waals surface area contributed by atoms with Crippen LogP contribution in [0.25, 0.3) is 0 Å². The van der Waals surface area contributed by atoms with Crippen molar-refractivity contribution >= 4 is 0 Å². The number of hydrogen-bond acceptors (Lipinski definition) is 6. The summed E-state index contributed by atoms with van der Waals surface area (Å²) in [4.78, 5) is 6.44. The summed E-state index contributed by atoms with van der Waals surface area (Å²) in [7, 11) is 2.04. The third-order valence-electron chi connectivity index (χ3n) is 2.74. The Kier molecular flexibility index (Phi) is 3.71. The van der Waals surface area contributed by atoms with Gasteiger partial charge in [0.2, 0.25) is 11.7 Å². The second-order valence-corrected chi connectivity index (χ2v) is 4.40. The molecule has 1 aliphatic heterocycles. The smallest absolute Gasteiger partial charge is 0.228 e. The van der Waals surface area contributed by atoms with Crippen LogP contribution in [0.3, 0.4) is 0 Å². The third-order valence-corrected chi connectivity index (χ3v) is 2.74.